The molecule has 2 aromatic rings. The lowest BCUT2D eigenvalue weighted by molar-refractivity contribution is 0.187. The Kier molecular flexibility index (Phi) is 7.32. The minimum atomic E-state index is 0.288. The van der Waals surface area contributed by atoms with Gasteiger partial charge in [0.15, 0.2) is 0 Å². The molecule has 0 saturated carbocycles. The molecule has 0 radical (unpaired) electrons. The quantitative estimate of drug-likeness (QED) is 0.494. The van der Waals surface area contributed by atoms with Gasteiger partial charge in [-0.05, 0) is 111 Å². The first kappa shape index (κ1) is 23.0. The number of hydrogen-bond acceptors (Lipinski definition) is 3. The number of nitrogens with one attached hydrogen (secondary N) is 2. The van der Waals surface area contributed by atoms with Gasteiger partial charge in [-0.1, -0.05) is 26.0 Å². The maximum Gasteiger partial charge on any atom is 0.0496 e. The third kappa shape index (κ3) is 4.92. The Balaban J connectivity index is 1.66. The lowest BCUT2D eigenvalue weighted by Gasteiger charge is -2.32. The summed E-state index contributed by atoms with van der Waals surface area (Å²) in [6.07, 6.45) is 10.8. The summed E-state index contributed by atoms with van der Waals surface area (Å²) in [6.45, 7) is 10.2. The maximum absolute atomic E-state index is 9.10. The van der Waals surface area contributed by atoms with Crippen LogP contribution in [-0.2, 0) is 0 Å². The Bertz CT molecular complexity index is 1020. The first-order valence-corrected chi connectivity index (χ1v) is 12.4. The predicted molar refractivity (Wildman–Crippen MR) is 136 cm³/mol. The summed E-state index contributed by atoms with van der Waals surface area (Å²) < 4.78 is 0. The maximum atomic E-state index is 9.10. The Morgan fingerprint density at radius 1 is 1.22 bits per heavy atom. The van der Waals surface area contributed by atoms with Crippen molar-refractivity contribution in [1.82, 2.24) is 9.88 Å². The van der Waals surface area contributed by atoms with Crippen molar-refractivity contribution in [3.05, 3.63) is 52.7 Å². The number of rotatable bonds is 6. The van der Waals surface area contributed by atoms with Gasteiger partial charge in [-0.25, -0.2) is 0 Å². The van der Waals surface area contributed by atoms with E-state index in [1.54, 1.807) is 0 Å². The predicted octanol–water partition coefficient (Wildman–Crippen LogP) is 6.39. The van der Waals surface area contributed by atoms with Gasteiger partial charge in [0.05, 0.1) is 0 Å². The number of aliphatic hydroxyl groups is 1. The average Bonchev–Trinajstić information content (AvgIpc) is 3.17. The molecule has 2 heterocycles. The fraction of sp³-hybridized carbons (Fsp3) is 0.536. The summed E-state index contributed by atoms with van der Waals surface area (Å²) in [4.78, 5) is 6.24. The van der Waals surface area contributed by atoms with E-state index in [0.717, 1.165) is 56.6 Å². The van der Waals surface area contributed by atoms with Gasteiger partial charge in [-0.3, -0.25) is 0 Å². The third-order valence-corrected chi connectivity index (χ3v) is 7.26. The first-order chi connectivity index (χ1) is 15.5. The molecular weight excluding hydrogens is 394 g/mol. The molecule has 1 aliphatic heterocycles. The number of aromatic amines is 1. The molecule has 0 atom stereocenters. The molecule has 2 aliphatic rings. The SMILES string of the molecule is C/C1=C/C(c2[nH]c3ccc(C4CCN(CCCO)CC4)cc3c2C(C)C)=C\CCCC1=N. The molecule has 32 heavy (non-hydrogen) atoms. The number of aromatic nitrogens is 1. The highest BCUT2D eigenvalue weighted by Crippen LogP contribution is 2.38. The molecule has 1 fully saturated rings. The minimum Gasteiger partial charge on any atom is -0.396 e. The number of nitrogens with zero attached hydrogens (tertiary/aromatic N) is 1. The third-order valence-electron chi connectivity index (χ3n) is 7.26. The van der Waals surface area contributed by atoms with Gasteiger partial charge in [0, 0.05) is 35.5 Å². The van der Waals surface area contributed by atoms with Crippen molar-refractivity contribution in [2.45, 2.75) is 71.1 Å². The number of hydrogen-bond donors (Lipinski definition) is 3. The van der Waals surface area contributed by atoms with Crippen LogP contribution in [-0.4, -0.2) is 46.9 Å². The van der Waals surface area contributed by atoms with Crippen molar-refractivity contribution in [3.8, 4) is 0 Å². The minimum absolute atomic E-state index is 0.288. The molecule has 4 heteroatoms. The van der Waals surface area contributed by atoms with Gasteiger partial charge in [0.1, 0.15) is 0 Å². The Morgan fingerprint density at radius 3 is 2.72 bits per heavy atom. The second kappa shape index (κ2) is 10.2. The number of benzene rings is 1. The molecule has 0 amide bonds. The highest BCUT2D eigenvalue weighted by Gasteiger charge is 2.23. The lowest BCUT2D eigenvalue weighted by Crippen LogP contribution is -2.34. The van der Waals surface area contributed by atoms with Crippen molar-refractivity contribution in [2.24, 2.45) is 0 Å². The number of likely N-dealkylation sites (tertiary alicyclic amines) is 1. The Morgan fingerprint density at radius 2 is 2.00 bits per heavy atom. The van der Waals surface area contributed by atoms with Crippen molar-refractivity contribution >= 4 is 22.2 Å². The van der Waals surface area contributed by atoms with E-state index in [4.69, 9.17) is 10.5 Å². The molecule has 1 saturated heterocycles. The van der Waals surface area contributed by atoms with Crippen molar-refractivity contribution in [1.29, 1.82) is 5.41 Å². The topological polar surface area (TPSA) is 63.1 Å². The monoisotopic (exact) mass is 433 g/mol. The van der Waals surface area contributed by atoms with E-state index in [-0.39, 0.29) is 6.61 Å². The van der Waals surface area contributed by atoms with E-state index in [2.05, 4.69) is 61.0 Å². The molecule has 3 N–H and O–H groups in total. The van der Waals surface area contributed by atoms with Crippen LogP contribution in [0.1, 0.15) is 88.0 Å². The molecule has 0 bridgehead atoms. The second-order valence-electron chi connectivity index (χ2n) is 9.92. The van der Waals surface area contributed by atoms with Gasteiger partial charge >= 0.3 is 0 Å². The summed E-state index contributed by atoms with van der Waals surface area (Å²) in [5.41, 5.74) is 8.42. The second-order valence-corrected chi connectivity index (χ2v) is 9.92. The van der Waals surface area contributed by atoms with E-state index < -0.39 is 0 Å². The molecule has 172 valence electrons. The van der Waals surface area contributed by atoms with Crippen LogP contribution in [0.15, 0.2) is 35.9 Å². The van der Waals surface area contributed by atoms with E-state index >= 15 is 0 Å². The summed E-state index contributed by atoms with van der Waals surface area (Å²) in [7, 11) is 0. The molecule has 1 aliphatic carbocycles. The average molecular weight is 434 g/mol. The molecule has 4 nitrogen and oxygen atoms in total. The number of aliphatic hydroxyl groups excluding tert-OH is 1. The highest BCUT2D eigenvalue weighted by atomic mass is 16.3. The first-order valence-electron chi connectivity index (χ1n) is 12.4. The van der Waals surface area contributed by atoms with Crippen molar-refractivity contribution in [3.63, 3.8) is 0 Å². The van der Waals surface area contributed by atoms with Crippen LogP contribution in [0.25, 0.3) is 16.5 Å². The van der Waals surface area contributed by atoms with E-state index in [0.29, 0.717) is 11.8 Å². The normalized spacial score (nSPS) is 22.5. The largest absolute Gasteiger partial charge is 0.396 e. The number of piperidine rings is 1. The zero-order valence-electron chi connectivity index (χ0n) is 20.0. The van der Waals surface area contributed by atoms with Crippen molar-refractivity contribution < 1.29 is 5.11 Å². The standard InChI is InChI=1S/C28H39N3O/c1-19(2)27-24-18-22(21-11-14-31(15-12-21)13-6-16-32)9-10-26(24)30-28(27)23-7-4-5-8-25(29)20(3)17-23/h7,9-10,17-19,21,29-30,32H,4-6,8,11-16H2,1-3H3/b20-17-,23-7+,29-25?. The van der Waals surface area contributed by atoms with Gasteiger partial charge < -0.3 is 20.4 Å². The van der Waals surface area contributed by atoms with Crippen LogP contribution >= 0.6 is 0 Å². The Labute approximate surface area is 192 Å². The van der Waals surface area contributed by atoms with E-state index in [9.17, 15) is 0 Å². The summed E-state index contributed by atoms with van der Waals surface area (Å²) in [6, 6.07) is 7.05. The Hall–Kier alpha value is -2.17. The number of allylic oxidation sites excluding steroid dienone is 4. The van der Waals surface area contributed by atoms with Crippen LogP contribution in [0, 0.1) is 5.41 Å². The zero-order valence-corrected chi connectivity index (χ0v) is 20.0. The van der Waals surface area contributed by atoms with Gasteiger partial charge in [0.2, 0.25) is 0 Å². The van der Waals surface area contributed by atoms with Gasteiger partial charge in [-0.2, -0.15) is 0 Å². The highest BCUT2D eigenvalue weighted by molar-refractivity contribution is 6.01. The van der Waals surface area contributed by atoms with Crippen LogP contribution in [0.2, 0.25) is 0 Å². The van der Waals surface area contributed by atoms with Crippen LogP contribution in [0.5, 0.6) is 0 Å². The summed E-state index contributed by atoms with van der Waals surface area (Å²) >= 11 is 0. The van der Waals surface area contributed by atoms with Gasteiger partial charge in [0.25, 0.3) is 0 Å². The molecule has 1 aromatic heterocycles. The smallest absolute Gasteiger partial charge is 0.0496 e. The van der Waals surface area contributed by atoms with E-state index in [1.165, 1.54) is 46.1 Å². The van der Waals surface area contributed by atoms with E-state index in [1.807, 2.05) is 0 Å². The van der Waals surface area contributed by atoms with Crippen LogP contribution < -0.4 is 0 Å². The number of fused-ring (bicyclic) bond motifs is 1. The molecule has 1 aromatic carbocycles. The lowest BCUT2D eigenvalue weighted by atomic mass is 9.87. The fourth-order valence-corrected chi connectivity index (χ4v) is 5.38. The fourth-order valence-electron chi connectivity index (χ4n) is 5.38. The van der Waals surface area contributed by atoms with Crippen molar-refractivity contribution in [2.75, 3.05) is 26.2 Å². The summed E-state index contributed by atoms with van der Waals surface area (Å²) in [5, 5.41) is 18.8. The van der Waals surface area contributed by atoms with Gasteiger partial charge in [-0.15, -0.1) is 0 Å². The molecule has 4 rings (SSSR count). The zero-order chi connectivity index (χ0) is 22.7. The van der Waals surface area contributed by atoms with Crippen LogP contribution in [0.3, 0.4) is 0 Å². The summed E-state index contributed by atoms with van der Waals surface area (Å²) in [5.74, 6) is 1.04. The molecule has 0 unspecified atom stereocenters. The molecule has 0 spiro atoms. The number of H-pyrrole nitrogens is 1. The molecular formula is C28H39N3O. The van der Waals surface area contributed by atoms with Crippen LogP contribution in [0.4, 0.5) is 0 Å².